The number of furan rings is 1. The van der Waals surface area contributed by atoms with Crippen LogP contribution in [0.5, 0.6) is 0 Å². The molecule has 0 spiro atoms. The van der Waals surface area contributed by atoms with Crippen LogP contribution in [0.4, 0.5) is 0 Å². The number of para-hydroxylation sites is 1. The molecule has 0 saturated heterocycles. The van der Waals surface area contributed by atoms with Gasteiger partial charge in [-0.25, -0.2) is 0 Å². The van der Waals surface area contributed by atoms with Crippen LogP contribution < -0.4 is 3.58 Å². The van der Waals surface area contributed by atoms with E-state index in [0.29, 0.717) is 0 Å². The zero-order valence-electron chi connectivity index (χ0n) is 14.7. The number of hydrogen-bond donors (Lipinski definition) is 0. The molecule has 0 fully saturated rings. The average Bonchev–Trinajstić information content (AvgIpc) is 2.99. The molecule has 122 valence electrons. The molecule has 0 unspecified atom stereocenters. The monoisotopic (exact) mass is 408 g/mol. The molecule has 0 amide bonds. The van der Waals surface area contributed by atoms with Crippen LogP contribution in [-0.2, 0) is 0 Å². The standard InChI is InChI=1S/C8H5O.3C4H9.Sn/c1-2-4-8-7(3-1)5-6-9-8;3*1-3-4-2;/h1-4,6H;3*1,3-4H2,2H3;. The maximum absolute atomic E-state index is 5.95. The average molecular weight is 407 g/mol. The summed E-state index contributed by atoms with van der Waals surface area (Å²) in [5, 5.41) is 1.43. The molecule has 2 aromatic rings. The molecule has 1 aromatic carbocycles. The van der Waals surface area contributed by atoms with Gasteiger partial charge in [-0.15, -0.1) is 0 Å². The number of fused-ring (bicyclic) bond motifs is 1. The van der Waals surface area contributed by atoms with Crippen molar-refractivity contribution in [1.82, 2.24) is 0 Å². The third-order valence-corrected chi connectivity index (χ3v) is 20.7. The van der Waals surface area contributed by atoms with Gasteiger partial charge in [-0.05, 0) is 0 Å². The molecule has 1 nitrogen and oxygen atoms in total. The summed E-state index contributed by atoms with van der Waals surface area (Å²) in [5.74, 6) is 0. The quantitative estimate of drug-likeness (QED) is 0.411. The Morgan fingerprint density at radius 2 is 1.36 bits per heavy atom. The Labute approximate surface area is 140 Å². The Morgan fingerprint density at radius 1 is 0.818 bits per heavy atom. The van der Waals surface area contributed by atoms with E-state index >= 15 is 0 Å². The van der Waals surface area contributed by atoms with E-state index in [1.807, 2.05) is 0 Å². The van der Waals surface area contributed by atoms with Crippen molar-refractivity contribution in [3.63, 3.8) is 0 Å². The Bertz CT molecular complexity index is 536. The van der Waals surface area contributed by atoms with Gasteiger partial charge in [0, 0.05) is 0 Å². The van der Waals surface area contributed by atoms with Crippen LogP contribution in [0.15, 0.2) is 34.9 Å². The molecule has 0 radical (unpaired) electrons. The van der Waals surface area contributed by atoms with Gasteiger partial charge in [0.2, 0.25) is 0 Å². The summed E-state index contributed by atoms with van der Waals surface area (Å²) in [5.41, 5.74) is 1.10. The predicted octanol–water partition coefficient (Wildman–Crippen LogP) is 6.49. The van der Waals surface area contributed by atoms with Crippen molar-refractivity contribution in [3.05, 3.63) is 30.5 Å². The molecule has 2 heteroatoms. The second-order valence-corrected chi connectivity index (χ2v) is 19.9. The fourth-order valence-electron chi connectivity index (χ4n) is 3.71. The summed E-state index contributed by atoms with van der Waals surface area (Å²) in [6.07, 6.45) is 10.4. The van der Waals surface area contributed by atoms with Gasteiger partial charge >= 0.3 is 140 Å². The third-order valence-electron chi connectivity index (χ3n) is 5.08. The Hall–Kier alpha value is -0.441. The van der Waals surface area contributed by atoms with Crippen molar-refractivity contribution in [2.45, 2.75) is 72.6 Å². The van der Waals surface area contributed by atoms with Crippen molar-refractivity contribution in [2.75, 3.05) is 0 Å². The molecule has 0 aliphatic carbocycles. The normalized spacial score (nSPS) is 12.1. The molecule has 2 rings (SSSR count). The molecule has 0 saturated carbocycles. The molecule has 22 heavy (non-hydrogen) atoms. The fraction of sp³-hybridized carbons (Fsp3) is 0.600. The van der Waals surface area contributed by atoms with Crippen molar-refractivity contribution in [1.29, 1.82) is 0 Å². The summed E-state index contributed by atoms with van der Waals surface area (Å²) in [4.78, 5) is 0. The molecule has 0 bridgehead atoms. The van der Waals surface area contributed by atoms with Crippen LogP contribution in [0.2, 0.25) is 13.3 Å². The second kappa shape index (κ2) is 9.00. The first-order chi connectivity index (χ1) is 10.8. The van der Waals surface area contributed by atoms with Gasteiger partial charge in [0.25, 0.3) is 0 Å². The van der Waals surface area contributed by atoms with Gasteiger partial charge in [0.15, 0.2) is 0 Å². The summed E-state index contributed by atoms with van der Waals surface area (Å²) >= 11 is -2.34. The van der Waals surface area contributed by atoms with Crippen molar-refractivity contribution in [2.24, 2.45) is 0 Å². The number of rotatable bonds is 10. The molecular weight excluding hydrogens is 375 g/mol. The van der Waals surface area contributed by atoms with Gasteiger partial charge < -0.3 is 0 Å². The molecule has 0 atom stereocenters. The van der Waals surface area contributed by atoms with E-state index in [1.54, 1.807) is 3.58 Å². The molecule has 0 aliphatic heterocycles. The maximum atomic E-state index is 5.95. The summed E-state index contributed by atoms with van der Waals surface area (Å²) < 4.78 is 12.2. The van der Waals surface area contributed by atoms with E-state index in [9.17, 15) is 0 Å². The van der Waals surface area contributed by atoms with Crippen LogP contribution in [0.3, 0.4) is 0 Å². The van der Waals surface area contributed by atoms with Gasteiger partial charge in [0.1, 0.15) is 0 Å². The van der Waals surface area contributed by atoms with E-state index in [1.165, 1.54) is 57.2 Å². The van der Waals surface area contributed by atoms with Gasteiger partial charge in [-0.1, -0.05) is 0 Å². The summed E-state index contributed by atoms with van der Waals surface area (Å²) in [6, 6.07) is 8.70. The minimum absolute atomic E-state index is 1.10. The first kappa shape index (κ1) is 17.9. The zero-order valence-corrected chi connectivity index (χ0v) is 17.5. The first-order valence-corrected chi connectivity index (χ1v) is 16.7. The fourth-order valence-corrected chi connectivity index (χ4v) is 20.1. The topological polar surface area (TPSA) is 13.1 Å². The number of hydrogen-bond acceptors (Lipinski definition) is 1. The summed E-state index contributed by atoms with van der Waals surface area (Å²) in [7, 11) is 0. The molecule has 0 aliphatic rings. The van der Waals surface area contributed by atoms with Crippen LogP contribution in [0.1, 0.15) is 59.3 Å². The predicted molar refractivity (Wildman–Crippen MR) is 101 cm³/mol. The van der Waals surface area contributed by atoms with Crippen LogP contribution in [0, 0.1) is 0 Å². The minimum atomic E-state index is -2.34. The Kier molecular flexibility index (Phi) is 7.33. The number of unbranched alkanes of at least 4 members (excludes halogenated alkanes) is 3. The molecular formula is C20H32OSn. The van der Waals surface area contributed by atoms with Gasteiger partial charge in [-0.2, -0.15) is 0 Å². The van der Waals surface area contributed by atoms with Crippen molar-refractivity contribution in [3.8, 4) is 0 Å². The van der Waals surface area contributed by atoms with Gasteiger partial charge in [0.05, 0.1) is 0 Å². The summed E-state index contributed by atoms with van der Waals surface area (Å²) in [6.45, 7) is 7.01. The SMILES string of the molecule is CCC[CH2][Sn]([CH2]CCC)([CH2]CCC)[c]1coc2ccccc12. The van der Waals surface area contributed by atoms with E-state index in [4.69, 9.17) is 4.42 Å². The Balaban J connectivity index is 2.42. The van der Waals surface area contributed by atoms with E-state index in [2.05, 4.69) is 51.3 Å². The van der Waals surface area contributed by atoms with E-state index in [0.717, 1.165) is 5.58 Å². The first-order valence-electron chi connectivity index (χ1n) is 9.24. The molecule has 0 N–H and O–H groups in total. The van der Waals surface area contributed by atoms with E-state index in [-0.39, 0.29) is 0 Å². The Morgan fingerprint density at radius 3 is 1.91 bits per heavy atom. The van der Waals surface area contributed by atoms with Gasteiger partial charge in [-0.3, -0.25) is 0 Å². The van der Waals surface area contributed by atoms with Crippen LogP contribution in [0.25, 0.3) is 11.0 Å². The van der Waals surface area contributed by atoms with Crippen LogP contribution in [-0.4, -0.2) is 18.4 Å². The molecule has 1 aromatic heterocycles. The molecule has 1 heterocycles. The third kappa shape index (κ3) is 4.10. The number of benzene rings is 1. The van der Waals surface area contributed by atoms with Crippen LogP contribution >= 0.6 is 0 Å². The van der Waals surface area contributed by atoms with Crippen molar-refractivity contribution >= 4 is 32.9 Å². The van der Waals surface area contributed by atoms with E-state index < -0.39 is 18.4 Å². The zero-order chi connectivity index (χ0) is 15.8. The second-order valence-electron chi connectivity index (χ2n) is 6.74. The van der Waals surface area contributed by atoms with Crippen molar-refractivity contribution < 1.29 is 4.42 Å².